The summed E-state index contributed by atoms with van der Waals surface area (Å²) in [6, 6.07) is 4.54. The summed E-state index contributed by atoms with van der Waals surface area (Å²) < 4.78 is 43.4. The average Bonchev–Trinajstić information content (AvgIpc) is 2.60. The lowest BCUT2D eigenvalue weighted by molar-refractivity contribution is -0.137. The van der Waals surface area contributed by atoms with Gasteiger partial charge in [0, 0.05) is 37.6 Å². The van der Waals surface area contributed by atoms with Crippen LogP contribution in [-0.2, 0) is 6.18 Å². The number of halogens is 3. The minimum Gasteiger partial charge on any atom is -0.463 e. The predicted octanol–water partition coefficient (Wildman–Crippen LogP) is 3.19. The van der Waals surface area contributed by atoms with E-state index in [4.69, 9.17) is 4.74 Å². The zero-order chi connectivity index (χ0) is 17.0. The summed E-state index contributed by atoms with van der Waals surface area (Å²) in [5.74, 6) is 0.815. The summed E-state index contributed by atoms with van der Waals surface area (Å²) in [6.45, 7) is 1.93. The lowest BCUT2D eigenvalue weighted by atomic mass is 9.99. The number of hydrogen-bond acceptors (Lipinski definition) is 5. The number of pyridine rings is 1. The SMILES string of the molecule is FC(F)(F)c1ccc(N2CCCC(COc3ncccn3)C2)nc1. The van der Waals surface area contributed by atoms with Crippen LogP contribution in [0.5, 0.6) is 6.01 Å². The van der Waals surface area contributed by atoms with Crippen molar-refractivity contribution in [3.8, 4) is 6.01 Å². The van der Waals surface area contributed by atoms with Crippen molar-refractivity contribution in [3.05, 3.63) is 42.4 Å². The molecule has 0 aromatic carbocycles. The number of ether oxygens (including phenoxy) is 1. The molecule has 8 heteroatoms. The molecule has 0 saturated carbocycles. The van der Waals surface area contributed by atoms with Gasteiger partial charge in [0.2, 0.25) is 0 Å². The first-order valence-electron chi connectivity index (χ1n) is 7.70. The summed E-state index contributed by atoms with van der Waals surface area (Å²) in [7, 11) is 0. The topological polar surface area (TPSA) is 51.1 Å². The normalized spacial score (nSPS) is 18.5. The molecule has 1 atom stereocenters. The highest BCUT2D eigenvalue weighted by Crippen LogP contribution is 2.30. The molecule has 0 spiro atoms. The van der Waals surface area contributed by atoms with Gasteiger partial charge >= 0.3 is 12.2 Å². The maximum Gasteiger partial charge on any atom is 0.417 e. The highest BCUT2D eigenvalue weighted by Gasteiger charge is 2.31. The van der Waals surface area contributed by atoms with E-state index in [2.05, 4.69) is 15.0 Å². The van der Waals surface area contributed by atoms with E-state index in [1.54, 1.807) is 18.5 Å². The minimum atomic E-state index is -4.36. The van der Waals surface area contributed by atoms with E-state index in [0.717, 1.165) is 31.6 Å². The van der Waals surface area contributed by atoms with Gasteiger partial charge in [0.25, 0.3) is 0 Å². The smallest absolute Gasteiger partial charge is 0.417 e. The van der Waals surface area contributed by atoms with E-state index in [-0.39, 0.29) is 5.92 Å². The molecule has 128 valence electrons. The number of piperidine rings is 1. The summed E-state index contributed by atoms with van der Waals surface area (Å²) in [6.07, 6.45) is 1.67. The number of aromatic nitrogens is 3. The zero-order valence-electron chi connectivity index (χ0n) is 12.9. The van der Waals surface area contributed by atoms with E-state index in [1.165, 1.54) is 6.07 Å². The number of hydrogen-bond donors (Lipinski definition) is 0. The molecule has 0 amide bonds. The van der Waals surface area contributed by atoms with Gasteiger partial charge in [-0.2, -0.15) is 13.2 Å². The number of nitrogens with zero attached hydrogens (tertiary/aromatic N) is 4. The van der Waals surface area contributed by atoms with Crippen molar-refractivity contribution in [2.75, 3.05) is 24.6 Å². The Morgan fingerprint density at radius 2 is 1.96 bits per heavy atom. The molecule has 1 aliphatic heterocycles. The molecule has 24 heavy (non-hydrogen) atoms. The van der Waals surface area contributed by atoms with Crippen LogP contribution in [0, 0.1) is 5.92 Å². The van der Waals surface area contributed by atoms with Crippen LogP contribution in [0.15, 0.2) is 36.8 Å². The summed E-state index contributed by atoms with van der Waals surface area (Å²) in [5, 5.41) is 0. The van der Waals surface area contributed by atoms with Gasteiger partial charge in [-0.25, -0.2) is 15.0 Å². The highest BCUT2D eigenvalue weighted by atomic mass is 19.4. The molecule has 1 saturated heterocycles. The van der Waals surface area contributed by atoms with E-state index in [9.17, 15) is 13.2 Å². The molecule has 0 N–H and O–H groups in total. The van der Waals surface area contributed by atoms with E-state index < -0.39 is 11.7 Å². The first-order chi connectivity index (χ1) is 11.5. The summed E-state index contributed by atoms with van der Waals surface area (Å²) >= 11 is 0. The van der Waals surface area contributed by atoms with E-state index in [1.807, 2.05) is 4.90 Å². The van der Waals surface area contributed by atoms with Gasteiger partial charge < -0.3 is 9.64 Å². The van der Waals surface area contributed by atoms with Gasteiger partial charge in [0.1, 0.15) is 5.82 Å². The highest BCUT2D eigenvalue weighted by molar-refractivity contribution is 5.40. The summed E-state index contributed by atoms with van der Waals surface area (Å²) in [5.41, 5.74) is -0.732. The Hall–Kier alpha value is -2.38. The molecule has 1 aliphatic rings. The molecule has 5 nitrogen and oxygen atoms in total. The fraction of sp³-hybridized carbons (Fsp3) is 0.438. The van der Waals surface area contributed by atoms with Crippen LogP contribution in [0.1, 0.15) is 18.4 Å². The maximum atomic E-state index is 12.6. The third-order valence-electron chi connectivity index (χ3n) is 3.91. The number of alkyl halides is 3. The molecular formula is C16H17F3N4O. The van der Waals surface area contributed by atoms with Crippen molar-refractivity contribution >= 4 is 5.82 Å². The van der Waals surface area contributed by atoms with Crippen molar-refractivity contribution in [3.63, 3.8) is 0 Å². The number of anilines is 1. The van der Waals surface area contributed by atoms with Crippen molar-refractivity contribution < 1.29 is 17.9 Å². The van der Waals surface area contributed by atoms with E-state index >= 15 is 0 Å². The van der Waals surface area contributed by atoms with Crippen LogP contribution in [0.4, 0.5) is 19.0 Å². The number of rotatable bonds is 4. The largest absolute Gasteiger partial charge is 0.463 e. The molecule has 0 aliphatic carbocycles. The van der Waals surface area contributed by atoms with Gasteiger partial charge in [-0.3, -0.25) is 0 Å². The zero-order valence-corrected chi connectivity index (χ0v) is 12.9. The van der Waals surface area contributed by atoms with Crippen molar-refractivity contribution in [1.29, 1.82) is 0 Å². The fourth-order valence-corrected chi connectivity index (χ4v) is 2.70. The van der Waals surface area contributed by atoms with Crippen molar-refractivity contribution in [2.24, 2.45) is 5.92 Å². The minimum absolute atomic E-state index is 0.256. The van der Waals surface area contributed by atoms with Gasteiger partial charge in [-0.1, -0.05) is 0 Å². The Morgan fingerprint density at radius 1 is 1.17 bits per heavy atom. The Labute approximate surface area is 137 Å². The van der Waals surface area contributed by atoms with Crippen molar-refractivity contribution in [1.82, 2.24) is 15.0 Å². The Morgan fingerprint density at radius 3 is 2.62 bits per heavy atom. The second-order valence-electron chi connectivity index (χ2n) is 5.70. The first kappa shape index (κ1) is 16.5. The Kier molecular flexibility index (Phi) is 4.82. The summed E-state index contributed by atoms with van der Waals surface area (Å²) in [4.78, 5) is 14.0. The van der Waals surface area contributed by atoms with Crippen LogP contribution in [-0.4, -0.2) is 34.6 Å². The molecule has 0 bridgehead atoms. The standard InChI is InChI=1S/C16H17F3N4O/c17-16(18,19)13-4-5-14(22-9-13)23-8-1-3-12(10-23)11-24-15-20-6-2-7-21-15/h2,4-7,9,12H,1,3,8,10-11H2. The Bertz CT molecular complexity index is 649. The van der Waals surface area contributed by atoms with Gasteiger partial charge in [0.05, 0.1) is 12.2 Å². The van der Waals surface area contributed by atoms with Gasteiger partial charge in [0.15, 0.2) is 0 Å². The van der Waals surface area contributed by atoms with E-state index in [0.29, 0.717) is 25.0 Å². The second kappa shape index (κ2) is 7.02. The molecule has 2 aromatic rings. The van der Waals surface area contributed by atoms with Crippen LogP contribution >= 0.6 is 0 Å². The van der Waals surface area contributed by atoms with Crippen molar-refractivity contribution in [2.45, 2.75) is 19.0 Å². The van der Waals surface area contributed by atoms with Crippen LogP contribution in [0.25, 0.3) is 0 Å². The molecule has 1 unspecified atom stereocenters. The maximum absolute atomic E-state index is 12.6. The molecule has 0 radical (unpaired) electrons. The lowest BCUT2D eigenvalue weighted by Gasteiger charge is -2.33. The molecule has 3 heterocycles. The van der Waals surface area contributed by atoms with Gasteiger partial charge in [-0.05, 0) is 31.0 Å². The third-order valence-corrected chi connectivity index (χ3v) is 3.91. The molecular weight excluding hydrogens is 321 g/mol. The second-order valence-corrected chi connectivity index (χ2v) is 5.70. The monoisotopic (exact) mass is 338 g/mol. The third kappa shape index (κ3) is 4.12. The lowest BCUT2D eigenvalue weighted by Crippen LogP contribution is -2.38. The molecule has 2 aromatic heterocycles. The fourth-order valence-electron chi connectivity index (χ4n) is 2.70. The molecule has 3 rings (SSSR count). The van der Waals surface area contributed by atoms with Crippen LogP contribution in [0.3, 0.4) is 0 Å². The first-order valence-corrected chi connectivity index (χ1v) is 7.70. The molecule has 1 fully saturated rings. The van der Waals surface area contributed by atoms with Crippen LogP contribution in [0.2, 0.25) is 0 Å². The average molecular weight is 338 g/mol. The predicted molar refractivity (Wildman–Crippen MR) is 81.7 cm³/mol. The van der Waals surface area contributed by atoms with Crippen LogP contribution < -0.4 is 9.64 Å². The quantitative estimate of drug-likeness (QED) is 0.857. The van der Waals surface area contributed by atoms with Gasteiger partial charge in [-0.15, -0.1) is 0 Å². The Balaban J connectivity index is 1.59.